The third-order valence-corrected chi connectivity index (χ3v) is 2.42. The Bertz CT molecular complexity index is 194. The highest BCUT2D eigenvalue weighted by Gasteiger charge is 2.16. The standard InChI is InChI=1S/C11H22N2O/c1-9(2)10(3)14-7-5-6-11(4,13)8-12/h9-10H,5-7,13H2,1-4H3. The molecule has 2 unspecified atom stereocenters. The Balaban J connectivity index is 3.53. The lowest BCUT2D eigenvalue weighted by atomic mass is 10.00. The van der Waals surface area contributed by atoms with Crippen molar-refractivity contribution in [1.82, 2.24) is 0 Å². The van der Waals surface area contributed by atoms with E-state index >= 15 is 0 Å². The van der Waals surface area contributed by atoms with Crippen molar-refractivity contribution in [2.45, 2.75) is 52.2 Å². The summed E-state index contributed by atoms with van der Waals surface area (Å²) in [6.07, 6.45) is 1.81. The molecule has 0 aliphatic carbocycles. The summed E-state index contributed by atoms with van der Waals surface area (Å²) in [4.78, 5) is 0. The van der Waals surface area contributed by atoms with E-state index in [1.165, 1.54) is 0 Å². The fourth-order valence-corrected chi connectivity index (χ4v) is 0.957. The van der Waals surface area contributed by atoms with Crippen molar-refractivity contribution >= 4 is 0 Å². The summed E-state index contributed by atoms with van der Waals surface area (Å²) < 4.78 is 5.58. The SMILES string of the molecule is CC(C)C(C)OCCCC(C)(N)C#N. The molecule has 0 radical (unpaired) electrons. The molecule has 0 saturated heterocycles. The molecule has 0 aromatic heterocycles. The fourth-order valence-electron chi connectivity index (χ4n) is 0.957. The Morgan fingerprint density at radius 3 is 2.43 bits per heavy atom. The van der Waals surface area contributed by atoms with Crippen molar-refractivity contribution in [2.24, 2.45) is 11.7 Å². The Hall–Kier alpha value is -0.590. The topological polar surface area (TPSA) is 59.0 Å². The van der Waals surface area contributed by atoms with Crippen molar-refractivity contribution < 1.29 is 4.74 Å². The predicted octanol–water partition coefficient (Wildman–Crippen LogP) is 2.07. The molecule has 0 aromatic rings. The largest absolute Gasteiger partial charge is 0.378 e. The number of rotatable bonds is 6. The second-order valence-electron chi connectivity index (χ2n) is 4.45. The van der Waals surface area contributed by atoms with Crippen LogP contribution in [-0.4, -0.2) is 18.2 Å². The smallest absolute Gasteiger partial charge is 0.101 e. The van der Waals surface area contributed by atoms with Gasteiger partial charge in [-0.2, -0.15) is 5.26 Å². The van der Waals surface area contributed by atoms with E-state index in [0.717, 1.165) is 6.42 Å². The first-order valence-corrected chi connectivity index (χ1v) is 5.21. The van der Waals surface area contributed by atoms with E-state index in [9.17, 15) is 0 Å². The molecule has 0 fully saturated rings. The van der Waals surface area contributed by atoms with E-state index in [1.807, 2.05) is 0 Å². The summed E-state index contributed by atoms with van der Waals surface area (Å²) in [6.45, 7) is 8.77. The molecule has 3 heteroatoms. The maximum atomic E-state index is 8.67. The van der Waals surface area contributed by atoms with E-state index in [4.69, 9.17) is 15.7 Å². The predicted molar refractivity (Wildman–Crippen MR) is 57.7 cm³/mol. The number of hydrogen-bond donors (Lipinski definition) is 1. The van der Waals surface area contributed by atoms with Crippen molar-refractivity contribution in [3.05, 3.63) is 0 Å². The summed E-state index contributed by atoms with van der Waals surface area (Å²) in [5.74, 6) is 0.537. The van der Waals surface area contributed by atoms with Gasteiger partial charge >= 0.3 is 0 Å². The normalized spacial score (nSPS) is 17.5. The van der Waals surface area contributed by atoms with Gasteiger partial charge in [0.05, 0.1) is 12.2 Å². The molecule has 0 aromatic carbocycles. The molecule has 0 rings (SSSR count). The van der Waals surface area contributed by atoms with Crippen LogP contribution in [0.5, 0.6) is 0 Å². The number of hydrogen-bond acceptors (Lipinski definition) is 3. The van der Waals surface area contributed by atoms with Crippen LogP contribution in [0.2, 0.25) is 0 Å². The molecule has 0 amide bonds. The van der Waals surface area contributed by atoms with Gasteiger partial charge < -0.3 is 10.5 Å². The van der Waals surface area contributed by atoms with E-state index in [0.29, 0.717) is 18.9 Å². The van der Waals surface area contributed by atoms with Crippen LogP contribution in [0.15, 0.2) is 0 Å². The van der Waals surface area contributed by atoms with Crippen LogP contribution in [0.25, 0.3) is 0 Å². The van der Waals surface area contributed by atoms with Crippen LogP contribution in [0.3, 0.4) is 0 Å². The molecule has 82 valence electrons. The monoisotopic (exact) mass is 198 g/mol. The lowest BCUT2D eigenvalue weighted by molar-refractivity contribution is 0.0321. The van der Waals surface area contributed by atoms with Gasteiger partial charge in [0.2, 0.25) is 0 Å². The Morgan fingerprint density at radius 2 is 2.00 bits per heavy atom. The molecule has 0 aliphatic heterocycles. The minimum absolute atomic E-state index is 0.279. The lowest BCUT2D eigenvalue weighted by Gasteiger charge is -2.18. The molecule has 2 N–H and O–H groups in total. The van der Waals surface area contributed by atoms with Gasteiger partial charge in [-0.15, -0.1) is 0 Å². The van der Waals surface area contributed by atoms with Gasteiger partial charge in [0.15, 0.2) is 0 Å². The first kappa shape index (κ1) is 13.4. The highest BCUT2D eigenvalue weighted by molar-refractivity contribution is 5.00. The fraction of sp³-hybridized carbons (Fsp3) is 0.909. The molecule has 0 aliphatic rings. The molecule has 0 spiro atoms. The Morgan fingerprint density at radius 1 is 1.43 bits per heavy atom. The highest BCUT2D eigenvalue weighted by atomic mass is 16.5. The minimum atomic E-state index is -0.704. The zero-order chi connectivity index (χ0) is 11.2. The van der Waals surface area contributed by atoms with Crippen LogP contribution in [0, 0.1) is 17.2 Å². The van der Waals surface area contributed by atoms with Crippen molar-refractivity contribution in [3.63, 3.8) is 0 Å². The highest BCUT2D eigenvalue weighted by Crippen LogP contribution is 2.10. The van der Waals surface area contributed by atoms with Gasteiger partial charge in [-0.05, 0) is 32.6 Å². The maximum absolute atomic E-state index is 8.67. The van der Waals surface area contributed by atoms with E-state index in [1.54, 1.807) is 6.92 Å². The molecular weight excluding hydrogens is 176 g/mol. The Labute approximate surface area is 87.2 Å². The molecule has 3 nitrogen and oxygen atoms in total. The first-order valence-electron chi connectivity index (χ1n) is 5.21. The van der Waals surface area contributed by atoms with Gasteiger partial charge in [-0.3, -0.25) is 0 Å². The van der Waals surface area contributed by atoms with Gasteiger partial charge in [0.25, 0.3) is 0 Å². The molecular formula is C11H22N2O. The van der Waals surface area contributed by atoms with Crippen LogP contribution in [-0.2, 0) is 4.74 Å². The third kappa shape index (κ3) is 5.95. The second-order valence-corrected chi connectivity index (χ2v) is 4.45. The maximum Gasteiger partial charge on any atom is 0.101 e. The molecule has 2 atom stereocenters. The summed E-state index contributed by atoms with van der Waals surface area (Å²) in [7, 11) is 0. The van der Waals surface area contributed by atoms with Crippen molar-refractivity contribution in [2.75, 3.05) is 6.61 Å². The van der Waals surface area contributed by atoms with Gasteiger partial charge in [-0.1, -0.05) is 13.8 Å². The van der Waals surface area contributed by atoms with Gasteiger partial charge in [0.1, 0.15) is 5.54 Å². The number of nitrogens with two attached hydrogens (primary N) is 1. The molecule has 0 bridgehead atoms. The average molecular weight is 198 g/mol. The third-order valence-electron chi connectivity index (χ3n) is 2.42. The number of nitrogens with zero attached hydrogens (tertiary/aromatic N) is 1. The van der Waals surface area contributed by atoms with Crippen molar-refractivity contribution in [1.29, 1.82) is 5.26 Å². The summed E-state index contributed by atoms with van der Waals surface area (Å²) in [6, 6.07) is 2.07. The van der Waals surface area contributed by atoms with E-state index in [-0.39, 0.29) is 6.10 Å². The molecule has 0 saturated carbocycles. The van der Waals surface area contributed by atoms with Gasteiger partial charge in [0, 0.05) is 6.61 Å². The molecule has 14 heavy (non-hydrogen) atoms. The lowest BCUT2D eigenvalue weighted by Crippen LogP contribution is -2.34. The summed E-state index contributed by atoms with van der Waals surface area (Å²) in [5.41, 5.74) is 4.97. The number of ether oxygens (including phenoxy) is 1. The van der Waals surface area contributed by atoms with Crippen LogP contribution in [0.4, 0.5) is 0 Å². The van der Waals surface area contributed by atoms with E-state index in [2.05, 4.69) is 26.8 Å². The second kappa shape index (κ2) is 6.00. The Kier molecular flexibility index (Phi) is 5.75. The average Bonchev–Trinajstić information content (AvgIpc) is 2.12. The first-order chi connectivity index (χ1) is 6.39. The zero-order valence-electron chi connectivity index (χ0n) is 9.71. The van der Waals surface area contributed by atoms with Crippen LogP contribution >= 0.6 is 0 Å². The quantitative estimate of drug-likeness (QED) is 0.665. The zero-order valence-corrected chi connectivity index (χ0v) is 9.71. The number of nitriles is 1. The van der Waals surface area contributed by atoms with Crippen LogP contribution in [0.1, 0.15) is 40.5 Å². The van der Waals surface area contributed by atoms with Gasteiger partial charge in [-0.25, -0.2) is 0 Å². The molecule has 0 heterocycles. The summed E-state index contributed by atoms with van der Waals surface area (Å²) >= 11 is 0. The minimum Gasteiger partial charge on any atom is -0.378 e. The van der Waals surface area contributed by atoms with Crippen LogP contribution < -0.4 is 5.73 Å². The van der Waals surface area contributed by atoms with E-state index < -0.39 is 5.54 Å². The van der Waals surface area contributed by atoms with Crippen molar-refractivity contribution in [3.8, 4) is 6.07 Å². The summed E-state index contributed by atoms with van der Waals surface area (Å²) in [5, 5.41) is 8.67.